The molecule has 1 aromatic rings. The zero-order chi connectivity index (χ0) is 35.9. The molecule has 3 rings (SSSR count). The SMILES string of the molecule is CCCC[N+](CCCC)(CCCC)CCCC.COC(=O)C=C(C)NC(C(=O)N[C@@H]1C(=O)N2[C@@H]1SC(C)(C)[C@@H]2C(=O)[O-])c1ccccc1. The van der Waals surface area contributed by atoms with Crippen molar-refractivity contribution in [2.75, 3.05) is 33.3 Å². The molecule has 2 heterocycles. The number of aliphatic carboxylic acids is 1. The zero-order valence-corrected chi connectivity index (χ0v) is 31.3. The number of carboxylic acid groups (broad SMARTS) is 1. The first-order valence-corrected chi connectivity index (χ1v) is 18.6. The summed E-state index contributed by atoms with van der Waals surface area (Å²) in [6, 6.07) is 6.06. The molecule has 1 unspecified atom stereocenters. The van der Waals surface area contributed by atoms with Gasteiger partial charge in [0.2, 0.25) is 11.8 Å². The van der Waals surface area contributed by atoms with Crippen LogP contribution < -0.4 is 15.7 Å². The molecule has 48 heavy (non-hydrogen) atoms. The maximum Gasteiger partial charge on any atom is 0.332 e. The maximum atomic E-state index is 13.1. The van der Waals surface area contributed by atoms with Crippen molar-refractivity contribution in [3.63, 3.8) is 0 Å². The average Bonchev–Trinajstić information content (AvgIpc) is 3.33. The van der Waals surface area contributed by atoms with Crippen LogP contribution >= 0.6 is 11.8 Å². The van der Waals surface area contributed by atoms with Gasteiger partial charge >= 0.3 is 5.97 Å². The molecule has 10 nitrogen and oxygen atoms in total. The van der Waals surface area contributed by atoms with Crippen LogP contribution in [0.2, 0.25) is 0 Å². The molecule has 2 saturated heterocycles. The number of hydrogen-bond donors (Lipinski definition) is 2. The molecule has 0 radical (unpaired) electrons. The third kappa shape index (κ3) is 11.3. The smallest absolute Gasteiger partial charge is 0.332 e. The third-order valence-corrected chi connectivity index (χ3v) is 10.8. The van der Waals surface area contributed by atoms with E-state index >= 15 is 0 Å². The number of thioether (sulfide) groups is 1. The summed E-state index contributed by atoms with van der Waals surface area (Å²) < 4.78 is 5.29. The fourth-order valence-electron chi connectivity index (χ4n) is 6.46. The van der Waals surface area contributed by atoms with E-state index in [2.05, 4.69) is 43.1 Å². The third-order valence-electron chi connectivity index (χ3n) is 9.21. The fourth-order valence-corrected chi connectivity index (χ4v) is 8.08. The summed E-state index contributed by atoms with van der Waals surface area (Å²) in [5.41, 5.74) is 1.04. The highest BCUT2D eigenvalue weighted by Crippen LogP contribution is 2.50. The maximum absolute atomic E-state index is 13.1. The largest absolute Gasteiger partial charge is 0.548 e. The van der Waals surface area contributed by atoms with Gasteiger partial charge in [-0.3, -0.25) is 9.59 Å². The van der Waals surface area contributed by atoms with E-state index in [1.165, 1.54) is 112 Å². The number of allylic oxidation sites excluding steroid dienone is 1. The van der Waals surface area contributed by atoms with Gasteiger partial charge in [0.25, 0.3) is 0 Å². The number of carbonyl (C=O) groups excluding carboxylic acids is 4. The van der Waals surface area contributed by atoms with Crippen LogP contribution in [0.4, 0.5) is 0 Å². The Labute approximate surface area is 293 Å². The Kier molecular flexibility index (Phi) is 17.0. The Morgan fingerprint density at radius 2 is 1.46 bits per heavy atom. The molecule has 2 N–H and O–H groups in total. The van der Waals surface area contributed by atoms with E-state index < -0.39 is 52.0 Å². The number of β-lactam (4-membered cyclic amide) rings is 1. The number of amides is 2. The minimum atomic E-state index is -1.31. The summed E-state index contributed by atoms with van der Waals surface area (Å²) >= 11 is 1.32. The summed E-state index contributed by atoms with van der Waals surface area (Å²) in [5, 5.41) is 16.8. The zero-order valence-electron chi connectivity index (χ0n) is 30.5. The van der Waals surface area contributed by atoms with Crippen LogP contribution in [0, 0.1) is 0 Å². The normalized spacial score (nSPS) is 20.5. The highest BCUT2D eigenvalue weighted by atomic mass is 32.2. The lowest BCUT2D eigenvalue weighted by Gasteiger charge is -2.45. The first-order chi connectivity index (χ1) is 22.8. The lowest BCUT2D eigenvalue weighted by molar-refractivity contribution is -0.929. The van der Waals surface area contributed by atoms with Gasteiger partial charge in [-0.05, 0) is 52.0 Å². The standard InChI is InChI=1S/C21H25N3O6S.C16H36N/c1-11(10-13(25)30-4)22-14(12-8-6-5-7-9-12)17(26)23-15-18(27)24-16(20(28)29)21(2,3)31-19(15)24;1-5-9-13-17(14-10-6-2,15-11-7-3)16-12-8-4/h5-10,14-16,19,22H,1-4H3,(H,23,26)(H,28,29);5-16H2,1-4H3/q;+1/p-1/t14?,15-,16+,19-;/m1./s1. The summed E-state index contributed by atoms with van der Waals surface area (Å²) in [6.45, 7) is 20.1. The molecule has 4 atom stereocenters. The van der Waals surface area contributed by atoms with Gasteiger partial charge in [-0.2, -0.15) is 0 Å². The fraction of sp³-hybridized carbons (Fsp3) is 0.676. The second-order valence-corrected chi connectivity index (χ2v) is 15.3. The lowest BCUT2D eigenvalue weighted by Crippen LogP contribution is -2.72. The van der Waals surface area contributed by atoms with Crippen LogP contribution in [-0.4, -0.2) is 88.6 Å². The minimum absolute atomic E-state index is 0.408. The summed E-state index contributed by atoms with van der Waals surface area (Å²) in [4.78, 5) is 50.1. The van der Waals surface area contributed by atoms with E-state index in [0.717, 1.165) is 0 Å². The Morgan fingerprint density at radius 3 is 1.90 bits per heavy atom. The van der Waals surface area contributed by atoms with E-state index in [1.54, 1.807) is 51.1 Å². The second-order valence-electron chi connectivity index (χ2n) is 13.6. The van der Waals surface area contributed by atoms with Crippen molar-refractivity contribution in [3.05, 3.63) is 47.7 Å². The predicted octanol–water partition coefficient (Wildman–Crippen LogP) is 4.69. The molecule has 2 aliphatic rings. The number of carboxylic acids is 1. The Bertz CT molecular complexity index is 1190. The molecule has 1 aromatic carbocycles. The quantitative estimate of drug-likeness (QED) is 0.0928. The second kappa shape index (κ2) is 19.8. The summed E-state index contributed by atoms with van der Waals surface area (Å²) in [6.07, 6.45) is 12.3. The number of fused-ring (bicyclic) bond motifs is 1. The van der Waals surface area contributed by atoms with Gasteiger partial charge in [-0.15, -0.1) is 11.8 Å². The molecular weight excluding hydrogens is 628 g/mol. The van der Waals surface area contributed by atoms with Crippen LogP contribution in [0.1, 0.15) is 111 Å². The van der Waals surface area contributed by atoms with Gasteiger partial charge in [0, 0.05) is 16.5 Å². The minimum Gasteiger partial charge on any atom is -0.548 e. The lowest BCUT2D eigenvalue weighted by atomic mass is 9.95. The molecule has 11 heteroatoms. The Hall–Kier alpha value is -3.05. The number of hydrogen-bond acceptors (Lipinski definition) is 8. The van der Waals surface area contributed by atoms with Crippen molar-refractivity contribution < 1.29 is 33.5 Å². The van der Waals surface area contributed by atoms with E-state index in [1.807, 2.05) is 0 Å². The molecule has 0 aromatic heterocycles. The van der Waals surface area contributed by atoms with Crippen molar-refractivity contribution in [2.24, 2.45) is 0 Å². The average molecular weight is 689 g/mol. The number of unbranched alkanes of at least 4 members (excludes halogenated alkanes) is 4. The van der Waals surface area contributed by atoms with Crippen molar-refractivity contribution in [1.82, 2.24) is 15.5 Å². The first-order valence-electron chi connectivity index (χ1n) is 17.7. The molecule has 0 saturated carbocycles. The number of benzene rings is 1. The van der Waals surface area contributed by atoms with Crippen LogP contribution in [0.5, 0.6) is 0 Å². The van der Waals surface area contributed by atoms with E-state index in [4.69, 9.17) is 0 Å². The molecule has 0 spiro atoms. The number of nitrogens with one attached hydrogen (secondary N) is 2. The van der Waals surface area contributed by atoms with Gasteiger partial charge in [-0.1, -0.05) is 83.7 Å². The van der Waals surface area contributed by atoms with Gasteiger partial charge in [0.1, 0.15) is 17.5 Å². The highest BCUT2D eigenvalue weighted by molar-refractivity contribution is 8.01. The van der Waals surface area contributed by atoms with E-state index in [9.17, 15) is 24.3 Å². The van der Waals surface area contributed by atoms with E-state index in [-0.39, 0.29) is 0 Å². The summed E-state index contributed by atoms with van der Waals surface area (Å²) in [5.74, 6) is -2.82. The van der Waals surface area contributed by atoms with Crippen LogP contribution in [0.15, 0.2) is 42.1 Å². The van der Waals surface area contributed by atoms with Gasteiger partial charge in [0.15, 0.2) is 0 Å². The van der Waals surface area contributed by atoms with Crippen LogP contribution in [0.25, 0.3) is 0 Å². The molecule has 2 fully saturated rings. The molecule has 0 bridgehead atoms. The number of carbonyl (C=O) groups is 4. The summed E-state index contributed by atoms with van der Waals surface area (Å²) in [7, 11) is 1.25. The van der Waals surface area contributed by atoms with E-state index in [0.29, 0.717) is 11.3 Å². The van der Waals surface area contributed by atoms with Gasteiger partial charge < -0.3 is 34.7 Å². The van der Waals surface area contributed by atoms with Crippen molar-refractivity contribution in [3.8, 4) is 0 Å². The number of ether oxygens (including phenoxy) is 1. The Morgan fingerprint density at radius 1 is 0.958 bits per heavy atom. The first kappa shape index (κ1) is 41.1. The van der Waals surface area contributed by atoms with Gasteiger partial charge in [0.05, 0.1) is 45.3 Å². The molecule has 2 aliphatic heterocycles. The number of methoxy groups -OCH3 is 1. The van der Waals surface area contributed by atoms with Crippen LogP contribution in [0.3, 0.4) is 0 Å². The van der Waals surface area contributed by atoms with Gasteiger partial charge in [-0.25, -0.2) is 4.79 Å². The molecule has 0 aliphatic carbocycles. The molecule has 270 valence electrons. The predicted molar refractivity (Wildman–Crippen MR) is 190 cm³/mol. The van der Waals surface area contributed by atoms with Crippen LogP contribution in [-0.2, 0) is 23.9 Å². The van der Waals surface area contributed by atoms with Crippen molar-refractivity contribution in [2.45, 2.75) is 128 Å². The monoisotopic (exact) mass is 688 g/mol. The van der Waals surface area contributed by atoms with Crippen molar-refractivity contribution >= 4 is 35.5 Å². The number of quaternary nitrogens is 1. The Balaban J connectivity index is 0.000000401. The highest BCUT2D eigenvalue weighted by Gasteiger charge is 2.62. The number of rotatable bonds is 19. The van der Waals surface area contributed by atoms with Crippen molar-refractivity contribution in [1.29, 1.82) is 0 Å². The number of nitrogens with zero attached hydrogens (tertiary/aromatic N) is 2. The topological polar surface area (TPSA) is 128 Å². The molecule has 2 amide bonds. The number of esters is 1. The molecular formula is C37H60N4O6S.